The Hall–Kier alpha value is -0.120. The maximum Gasteiger partial charge on any atom is 0.0589 e. The van der Waals surface area contributed by atoms with Crippen LogP contribution in [0.15, 0.2) is 0 Å². The van der Waals surface area contributed by atoms with Gasteiger partial charge in [0.15, 0.2) is 0 Å². The lowest BCUT2D eigenvalue weighted by Gasteiger charge is -2.39. The Balaban J connectivity index is 2.51. The largest absolute Gasteiger partial charge is 0.395 e. The molecule has 0 spiro atoms. The standard InChI is InChI=1S/C13H27NO2/c1-3-12-6-4-5-7-13(12)14(8-10-15)9-11-16-2/h12-13,15H,3-11H2,1-2H3. The molecule has 0 aliphatic heterocycles. The normalized spacial score (nSPS) is 26.2. The number of ether oxygens (including phenoxy) is 1. The molecule has 3 nitrogen and oxygen atoms in total. The number of hydrogen-bond donors (Lipinski definition) is 1. The highest BCUT2D eigenvalue weighted by molar-refractivity contribution is 4.82. The maximum atomic E-state index is 9.14. The molecule has 2 unspecified atom stereocenters. The molecule has 0 heterocycles. The monoisotopic (exact) mass is 229 g/mol. The highest BCUT2D eigenvalue weighted by Crippen LogP contribution is 2.30. The van der Waals surface area contributed by atoms with Crippen LogP contribution < -0.4 is 0 Å². The summed E-state index contributed by atoms with van der Waals surface area (Å²) in [6.45, 7) is 5.07. The summed E-state index contributed by atoms with van der Waals surface area (Å²) in [6, 6.07) is 0.668. The van der Waals surface area contributed by atoms with Crippen LogP contribution in [0.2, 0.25) is 0 Å². The zero-order chi connectivity index (χ0) is 11.8. The molecule has 1 aliphatic carbocycles. The van der Waals surface area contributed by atoms with Gasteiger partial charge >= 0.3 is 0 Å². The number of aliphatic hydroxyl groups is 1. The van der Waals surface area contributed by atoms with Crippen LogP contribution in [0.1, 0.15) is 39.0 Å². The van der Waals surface area contributed by atoms with Crippen molar-refractivity contribution in [2.75, 3.05) is 33.4 Å². The van der Waals surface area contributed by atoms with Gasteiger partial charge in [-0.05, 0) is 18.8 Å². The van der Waals surface area contributed by atoms with E-state index in [2.05, 4.69) is 11.8 Å². The molecule has 1 rings (SSSR count). The Kier molecular flexibility index (Phi) is 7.01. The van der Waals surface area contributed by atoms with E-state index in [0.717, 1.165) is 25.6 Å². The van der Waals surface area contributed by atoms with E-state index in [4.69, 9.17) is 9.84 Å². The van der Waals surface area contributed by atoms with Crippen molar-refractivity contribution in [3.05, 3.63) is 0 Å². The third-order valence-corrected chi connectivity index (χ3v) is 3.83. The van der Waals surface area contributed by atoms with E-state index in [1.165, 1.54) is 32.1 Å². The second-order valence-corrected chi connectivity index (χ2v) is 4.77. The predicted octanol–water partition coefficient (Wildman–Crippen LogP) is 1.90. The summed E-state index contributed by atoms with van der Waals surface area (Å²) < 4.78 is 5.16. The minimum atomic E-state index is 0.261. The molecule has 0 saturated heterocycles. The minimum absolute atomic E-state index is 0.261. The lowest BCUT2D eigenvalue weighted by atomic mass is 9.82. The Morgan fingerprint density at radius 2 is 2.00 bits per heavy atom. The Bertz CT molecular complexity index is 175. The molecule has 96 valence electrons. The van der Waals surface area contributed by atoms with Crippen molar-refractivity contribution in [2.45, 2.75) is 45.1 Å². The van der Waals surface area contributed by atoms with E-state index >= 15 is 0 Å². The first-order valence-corrected chi connectivity index (χ1v) is 6.67. The van der Waals surface area contributed by atoms with Crippen molar-refractivity contribution < 1.29 is 9.84 Å². The summed E-state index contributed by atoms with van der Waals surface area (Å²) in [5.41, 5.74) is 0. The van der Waals surface area contributed by atoms with E-state index in [1.807, 2.05) is 0 Å². The summed E-state index contributed by atoms with van der Waals surface area (Å²) in [7, 11) is 1.75. The lowest BCUT2D eigenvalue weighted by Crippen LogP contribution is -2.45. The van der Waals surface area contributed by atoms with Gasteiger partial charge in [-0.25, -0.2) is 0 Å². The molecule has 1 aliphatic rings. The topological polar surface area (TPSA) is 32.7 Å². The van der Waals surface area contributed by atoms with Crippen molar-refractivity contribution in [1.82, 2.24) is 4.90 Å². The van der Waals surface area contributed by atoms with Gasteiger partial charge < -0.3 is 9.84 Å². The fraction of sp³-hybridized carbons (Fsp3) is 1.00. The Morgan fingerprint density at radius 3 is 2.62 bits per heavy atom. The van der Waals surface area contributed by atoms with Crippen LogP contribution in [-0.2, 0) is 4.74 Å². The van der Waals surface area contributed by atoms with E-state index in [-0.39, 0.29) is 6.61 Å². The van der Waals surface area contributed by atoms with Crippen LogP contribution in [0.3, 0.4) is 0 Å². The van der Waals surface area contributed by atoms with Gasteiger partial charge in [0.2, 0.25) is 0 Å². The van der Waals surface area contributed by atoms with Gasteiger partial charge in [0.05, 0.1) is 13.2 Å². The summed E-state index contributed by atoms with van der Waals surface area (Å²) in [4.78, 5) is 2.43. The lowest BCUT2D eigenvalue weighted by molar-refractivity contribution is 0.0560. The van der Waals surface area contributed by atoms with Crippen molar-refractivity contribution in [2.24, 2.45) is 5.92 Å². The third-order valence-electron chi connectivity index (χ3n) is 3.83. The summed E-state index contributed by atoms with van der Waals surface area (Å²) in [6.07, 6.45) is 6.64. The van der Waals surface area contributed by atoms with Crippen LogP contribution in [0, 0.1) is 5.92 Å². The van der Waals surface area contributed by atoms with Crippen LogP contribution in [0.5, 0.6) is 0 Å². The van der Waals surface area contributed by atoms with Gasteiger partial charge in [-0.3, -0.25) is 4.90 Å². The first-order chi connectivity index (χ1) is 7.83. The smallest absolute Gasteiger partial charge is 0.0589 e. The molecule has 0 aromatic rings. The molecule has 1 saturated carbocycles. The predicted molar refractivity (Wildman–Crippen MR) is 66.6 cm³/mol. The van der Waals surface area contributed by atoms with E-state index in [9.17, 15) is 0 Å². The van der Waals surface area contributed by atoms with Gasteiger partial charge in [0.1, 0.15) is 0 Å². The Morgan fingerprint density at radius 1 is 1.25 bits per heavy atom. The highest BCUT2D eigenvalue weighted by Gasteiger charge is 2.28. The molecule has 2 atom stereocenters. The van der Waals surface area contributed by atoms with Crippen molar-refractivity contribution in [3.8, 4) is 0 Å². The number of nitrogens with zero attached hydrogens (tertiary/aromatic N) is 1. The highest BCUT2D eigenvalue weighted by atomic mass is 16.5. The molecule has 3 heteroatoms. The zero-order valence-corrected chi connectivity index (χ0v) is 10.8. The SMILES string of the molecule is CCC1CCCCC1N(CCO)CCOC. The van der Waals surface area contributed by atoms with E-state index < -0.39 is 0 Å². The average molecular weight is 229 g/mol. The molecule has 1 N–H and O–H groups in total. The summed E-state index contributed by atoms with van der Waals surface area (Å²) in [5, 5.41) is 9.14. The molecule has 16 heavy (non-hydrogen) atoms. The first kappa shape index (κ1) is 13.9. The number of aliphatic hydroxyl groups excluding tert-OH is 1. The van der Waals surface area contributed by atoms with Gasteiger partial charge in [-0.2, -0.15) is 0 Å². The molecule has 0 amide bonds. The number of rotatable bonds is 7. The fourth-order valence-electron chi connectivity index (χ4n) is 2.93. The van der Waals surface area contributed by atoms with E-state index in [1.54, 1.807) is 7.11 Å². The van der Waals surface area contributed by atoms with Crippen molar-refractivity contribution in [3.63, 3.8) is 0 Å². The van der Waals surface area contributed by atoms with Gasteiger partial charge in [0.25, 0.3) is 0 Å². The Labute approximate surface area is 99.8 Å². The summed E-state index contributed by atoms with van der Waals surface area (Å²) in [5.74, 6) is 0.817. The third kappa shape index (κ3) is 4.04. The first-order valence-electron chi connectivity index (χ1n) is 6.67. The van der Waals surface area contributed by atoms with Gasteiger partial charge in [-0.1, -0.05) is 26.2 Å². The minimum Gasteiger partial charge on any atom is -0.395 e. The maximum absolute atomic E-state index is 9.14. The van der Waals surface area contributed by atoms with E-state index in [0.29, 0.717) is 6.04 Å². The average Bonchev–Trinajstić information content (AvgIpc) is 2.34. The molecular formula is C13H27NO2. The second-order valence-electron chi connectivity index (χ2n) is 4.77. The zero-order valence-electron chi connectivity index (χ0n) is 10.8. The molecule has 0 aromatic heterocycles. The molecule has 0 aromatic carbocycles. The quantitative estimate of drug-likeness (QED) is 0.723. The van der Waals surface area contributed by atoms with Gasteiger partial charge in [0, 0.05) is 26.2 Å². The summed E-state index contributed by atoms with van der Waals surface area (Å²) >= 11 is 0. The van der Waals surface area contributed by atoms with Crippen molar-refractivity contribution in [1.29, 1.82) is 0 Å². The number of methoxy groups -OCH3 is 1. The molecule has 1 fully saturated rings. The van der Waals surface area contributed by atoms with Crippen LogP contribution in [0.25, 0.3) is 0 Å². The van der Waals surface area contributed by atoms with Gasteiger partial charge in [-0.15, -0.1) is 0 Å². The van der Waals surface area contributed by atoms with Crippen LogP contribution in [-0.4, -0.2) is 49.5 Å². The molecule has 0 radical (unpaired) electrons. The van der Waals surface area contributed by atoms with Crippen LogP contribution in [0.4, 0.5) is 0 Å². The van der Waals surface area contributed by atoms with Crippen LogP contribution >= 0.6 is 0 Å². The number of hydrogen-bond acceptors (Lipinski definition) is 3. The van der Waals surface area contributed by atoms with Crippen molar-refractivity contribution >= 4 is 0 Å². The fourth-order valence-corrected chi connectivity index (χ4v) is 2.93. The molecule has 0 bridgehead atoms. The second kappa shape index (κ2) is 8.04. The molecular weight excluding hydrogens is 202 g/mol.